The number of nitrogens with two attached hydrogens (primary N) is 1. The number of aromatic nitrogens is 1. The van der Waals surface area contributed by atoms with Crippen LogP contribution >= 0.6 is 27.3 Å². The summed E-state index contributed by atoms with van der Waals surface area (Å²) in [6, 6.07) is 6.35. The lowest BCUT2D eigenvalue weighted by Crippen LogP contribution is -2.30. The molecule has 2 aromatic rings. The minimum absolute atomic E-state index is 0.0856. The average molecular weight is 340 g/mol. The van der Waals surface area contributed by atoms with Crippen molar-refractivity contribution in [2.75, 3.05) is 0 Å². The van der Waals surface area contributed by atoms with Gasteiger partial charge < -0.3 is 0 Å². The van der Waals surface area contributed by atoms with E-state index in [2.05, 4.69) is 52.3 Å². The maximum atomic E-state index is 5.73. The summed E-state index contributed by atoms with van der Waals surface area (Å²) in [5, 5.41) is 1.12. The first kappa shape index (κ1) is 14.7. The van der Waals surface area contributed by atoms with E-state index < -0.39 is 0 Å². The van der Waals surface area contributed by atoms with Gasteiger partial charge in [0, 0.05) is 15.8 Å². The average Bonchev–Trinajstić information content (AvgIpc) is 2.69. The SMILES string of the molecule is Cc1ccc(Br)cc1C(Cc1nc(C)c(C)s1)NN. The van der Waals surface area contributed by atoms with E-state index in [1.807, 2.05) is 13.0 Å². The first-order chi connectivity index (χ1) is 9.01. The summed E-state index contributed by atoms with van der Waals surface area (Å²) in [7, 11) is 0. The molecule has 19 heavy (non-hydrogen) atoms. The highest BCUT2D eigenvalue weighted by atomic mass is 79.9. The zero-order chi connectivity index (χ0) is 14.0. The molecule has 1 aromatic heterocycles. The van der Waals surface area contributed by atoms with E-state index in [4.69, 9.17) is 5.84 Å². The molecule has 0 bridgehead atoms. The molecule has 5 heteroatoms. The zero-order valence-electron chi connectivity index (χ0n) is 11.3. The molecular weight excluding hydrogens is 322 g/mol. The van der Waals surface area contributed by atoms with Crippen LogP contribution in [0.3, 0.4) is 0 Å². The Labute approximate surface area is 126 Å². The zero-order valence-corrected chi connectivity index (χ0v) is 13.7. The van der Waals surface area contributed by atoms with Crippen molar-refractivity contribution in [1.82, 2.24) is 10.4 Å². The Kier molecular flexibility index (Phi) is 4.73. The van der Waals surface area contributed by atoms with Crippen molar-refractivity contribution in [2.24, 2.45) is 5.84 Å². The molecule has 1 unspecified atom stereocenters. The molecule has 0 fully saturated rings. The molecule has 0 amide bonds. The molecule has 1 aromatic carbocycles. The van der Waals surface area contributed by atoms with Gasteiger partial charge in [0.1, 0.15) is 0 Å². The Bertz CT molecular complexity index is 561. The van der Waals surface area contributed by atoms with Crippen LogP contribution in [-0.4, -0.2) is 4.98 Å². The van der Waals surface area contributed by atoms with Crippen LogP contribution in [0.15, 0.2) is 22.7 Å². The number of rotatable bonds is 4. The van der Waals surface area contributed by atoms with Gasteiger partial charge in [-0.15, -0.1) is 11.3 Å². The Balaban J connectivity index is 2.27. The molecule has 2 rings (SSSR count). The number of nitrogens with zero attached hydrogens (tertiary/aromatic N) is 1. The number of hydrogen-bond acceptors (Lipinski definition) is 4. The molecule has 3 nitrogen and oxygen atoms in total. The highest BCUT2D eigenvalue weighted by Crippen LogP contribution is 2.27. The Hall–Kier alpha value is -0.750. The molecule has 0 saturated heterocycles. The predicted molar refractivity (Wildman–Crippen MR) is 84.2 cm³/mol. The third-order valence-corrected chi connectivity index (χ3v) is 4.86. The predicted octanol–water partition coefficient (Wildman–Crippen LogP) is 3.58. The highest BCUT2D eigenvalue weighted by Gasteiger charge is 2.16. The van der Waals surface area contributed by atoms with E-state index in [-0.39, 0.29) is 6.04 Å². The van der Waals surface area contributed by atoms with E-state index in [0.717, 1.165) is 21.6 Å². The minimum atomic E-state index is 0.0856. The number of aryl methyl sites for hydroxylation is 3. The molecule has 0 radical (unpaired) electrons. The summed E-state index contributed by atoms with van der Waals surface area (Å²) >= 11 is 5.26. The maximum absolute atomic E-state index is 5.73. The molecule has 102 valence electrons. The van der Waals surface area contributed by atoms with Crippen LogP contribution < -0.4 is 11.3 Å². The number of halogens is 1. The number of hydrazine groups is 1. The fraction of sp³-hybridized carbons (Fsp3) is 0.357. The van der Waals surface area contributed by atoms with Gasteiger partial charge in [-0.1, -0.05) is 22.0 Å². The van der Waals surface area contributed by atoms with E-state index in [9.17, 15) is 0 Å². The summed E-state index contributed by atoms with van der Waals surface area (Å²) in [5.41, 5.74) is 6.47. The van der Waals surface area contributed by atoms with E-state index in [1.54, 1.807) is 11.3 Å². The van der Waals surface area contributed by atoms with Gasteiger partial charge in [-0.25, -0.2) is 4.98 Å². The summed E-state index contributed by atoms with van der Waals surface area (Å²) in [6.45, 7) is 6.25. The van der Waals surface area contributed by atoms with Crippen LogP contribution in [0.1, 0.15) is 32.7 Å². The van der Waals surface area contributed by atoms with Crippen LogP contribution in [0.4, 0.5) is 0 Å². The van der Waals surface area contributed by atoms with Gasteiger partial charge in [-0.2, -0.15) is 0 Å². The quantitative estimate of drug-likeness (QED) is 0.661. The van der Waals surface area contributed by atoms with Gasteiger partial charge in [0.15, 0.2) is 0 Å². The van der Waals surface area contributed by atoms with Crippen molar-refractivity contribution in [3.8, 4) is 0 Å². The van der Waals surface area contributed by atoms with Gasteiger partial charge in [0.05, 0.1) is 16.7 Å². The highest BCUT2D eigenvalue weighted by molar-refractivity contribution is 9.10. The van der Waals surface area contributed by atoms with Gasteiger partial charge >= 0.3 is 0 Å². The van der Waals surface area contributed by atoms with E-state index in [1.165, 1.54) is 16.0 Å². The number of thiazole rings is 1. The molecule has 0 aliphatic rings. The fourth-order valence-corrected chi connectivity index (χ4v) is 3.40. The van der Waals surface area contributed by atoms with Crippen molar-refractivity contribution >= 4 is 27.3 Å². The summed E-state index contributed by atoms with van der Waals surface area (Å²) < 4.78 is 1.07. The van der Waals surface area contributed by atoms with Crippen molar-refractivity contribution in [3.63, 3.8) is 0 Å². The van der Waals surface area contributed by atoms with E-state index >= 15 is 0 Å². The number of hydrogen-bond donors (Lipinski definition) is 2. The van der Waals surface area contributed by atoms with Crippen molar-refractivity contribution < 1.29 is 0 Å². The van der Waals surface area contributed by atoms with Gasteiger partial charge in [0.2, 0.25) is 0 Å². The molecular formula is C14H18BrN3S. The standard InChI is InChI=1S/C14H18BrN3S/c1-8-4-5-11(15)6-12(8)13(18-16)7-14-17-9(2)10(3)19-14/h4-6,13,18H,7,16H2,1-3H3. The molecule has 1 heterocycles. The summed E-state index contributed by atoms with van der Waals surface area (Å²) in [5.74, 6) is 5.73. The summed E-state index contributed by atoms with van der Waals surface area (Å²) in [4.78, 5) is 5.86. The Morgan fingerprint density at radius 1 is 1.37 bits per heavy atom. The lowest BCUT2D eigenvalue weighted by molar-refractivity contribution is 0.547. The smallest absolute Gasteiger partial charge is 0.0950 e. The molecule has 1 atom stereocenters. The van der Waals surface area contributed by atoms with Crippen LogP contribution in [0.2, 0.25) is 0 Å². The fourth-order valence-electron chi connectivity index (χ4n) is 2.05. The molecule has 0 spiro atoms. The number of benzene rings is 1. The second kappa shape index (κ2) is 6.13. The third-order valence-electron chi connectivity index (χ3n) is 3.27. The lowest BCUT2D eigenvalue weighted by Gasteiger charge is -2.17. The minimum Gasteiger partial charge on any atom is -0.271 e. The van der Waals surface area contributed by atoms with Gasteiger partial charge in [-0.3, -0.25) is 11.3 Å². The second-order valence-electron chi connectivity index (χ2n) is 4.67. The number of nitrogens with one attached hydrogen (secondary N) is 1. The monoisotopic (exact) mass is 339 g/mol. The maximum Gasteiger partial charge on any atom is 0.0950 e. The topological polar surface area (TPSA) is 50.9 Å². The molecule has 0 aliphatic carbocycles. The van der Waals surface area contributed by atoms with Gasteiger partial charge in [0.25, 0.3) is 0 Å². The first-order valence-corrected chi connectivity index (χ1v) is 7.77. The van der Waals surface area contributed by atoms with E-state index in [0.29, 0.717) is 0 Å². The Morgan fingerprint density at radius 3 is 2.68 bits per heavy atom. The summed E-state index contributed by atoms with van der Waals surface area (Å²) in [6.07, 6.45) is 0.813. The second-order valence-corrected chi connectivity index (χ2v) is 6.88. The van der Waals surface area contributed by atoms with Crippen LogP contribution in [0.5, 0.6) is 0 Å². The molecule has 3 N–H and O–H groups in total. The first-order valence-electron chi connectivity index (χ1n) is 6.16. The van der Waals surface area contributed by atoms with Crippen molar-refractivity contribution in [2.45, 2.75) is 33.2 Å². The van der Waals surface area contributed by atoms with Crippen molar-refractivity contribution in [3.05, 3.63) is 49.4 Å². The van der Waals surface area contributed by atoms with Gasteiger partial charge in [-0.05, 0) is 44.0 Å². The van der Waals surface area contributed by atoms with Crippen molar-refractivity contribution in [1.29, 1.82) is 0 Å². The molecule has 0 saturated carbocycles. The normalized spacial score (nSPS) is 12.7. The Morgan fingerprint density at radius 2 is 2.11 bits per heavy atom. The third kappa shape index (κ3) is 3.42. The molecule has 0 aliphatic heterocycles. The largest absolute Gasteiger partial charge is 0.271 e. The lowest BCUT2D eigenvalue weighted by atomic mass is 9.99. The van der Waals surface area contributed by atoms with Crippen LogP contribution in [-0.2, 0) is 6.42 Å². The van der Waals surface area contributed by atoms with Crippen LogP contribution in [0.25, 0.3) is 0 Å². The van der Waals surface area contributed by atoms with Crippen LogP contribution in [0, 0.1) is 20.8 Å².